The Bertz CT molecular complexity index is 393. The summed E-state index contributed by atoms with van der Waals surface area (Å²) in [5.74, 6) is 2.11. The Morgan fingerprint density at radius 1 is 0.895 bits per heavy atom. The van der Waals surface area contributed by atoms with Gasteiger partial charge in [-0.1, -0.05) is 43.2 Å². The van der Waals surface area contributed by atoms with Gasteiger partial charge in [-0.2, -0.15) is 0 Å². The van der Waals surface area contributed by atoms with E-state index in [2.05, 4.69) is 45.9 Å². The minimum absolute atomic E-state index is 0.272. The predicted octanol–water partition coefficient (Wildman–Crippen LogP) is 4.80. The zero-order chi connectivity index (χ0) is 14.0. The predicted molar refractivity (Wildman–Crippen MR) is 81.2 cm³/mol. The lowest BCUT2D eigenvalue weighted by Gasteiger charge is -2.33. The van der Waals surface area contributed by atoms with Crippen LogP contribution in [0, 0.1) is 31.6 Å². The number of benzene rings is 1. The number of aliphatic hydroxyl groups is 1. The van der Waals surface area contributed by atoms with Crippen molar-refractivity contribution >= 4 is 0 Å². The van der Waals surface area contributed by atoms with Crippen molar-refractivity contribution in [2.45, 2.75) is 59.5 Å². The summed E-state index contributed by atoms with van der Waals surface area (Å²) in [5.41, 5.74) is 3.63. The number of rotatable bonds is 3. The van der Waals surface area contributed by atoms with Crippen LogP contribution in [0.15, 0.2) is 18.2 Å². The van der Waals surface area contributed by atoms with E-state index in [4.69, 9.17) is 0 Å². The summed E-state index contributed by atoms with van der Waals surface area (Å²) in [5, 5.41) is 10.6. The minimum Gasteiger partial charge on any atom is -0.388 e. The van der Waals surface area contributed by atoms with E-state index in [0.717, 1.165) is 17.4 Å². The van der Waals surface area contributed by atoms with Gasteiger partial charge in [-0.15, -0.1) is 0 Å². The highest BCUT2D eigenvalue weighted by Gasteiger charge is 2.28. The van der Waals surface area contributed by atoms with Crippen LogP contribution in [-0.2, 0) is 0 Å². The Balaban J connectivity index is 2.02. The Morgan fingerprint density at radius 2 is 1.37 bits per heavy atom. The summed E-state index contributed by atoms with van der Waals surface area (Å²) in [6.07, 6.45) is 4.65. The van der Waals surface area contributed by atoms with Gasteiger partial charge in [0.15, 0.2) is 0 Å². The minimum atomic E-state index is -0.272. The standard InChI is InChI=1S/C18H28O/c1-12(2)15-5-7-16(8-6-15)18(19)17-10-13(3)9-14(4)11-17/h9-12,15-16,18-19H,5-8H2,1-4H3. The van der Waals surface area contributed by atoms with E-state index in [1.165, 1.54) is 36.8 Å². The van der Waals surface area contributed by atoms with Crippen molar-refractivity contribution < 1.29 is 5.11 Å². The molecule has 0 spiro atoms. The molecule has 1 heteroatoms. The zero-order valence-corrected chi connectivity index (χ0v) is 12.8. The van der Waals surface area contributed by atoms with Crippen molar-refractivity contribution in [2.75, 3.05) is 0 Å². The van der Waals surface area contributed by atoms with Gasteiger partial charge in [-0.25, -0.2) is 0 Å². The molecule has 0 amide bonds. The molecule has 1 nitrogen and oxygen atoms in total. The molecule has 1 aliphatic rings. The second-order valence-corrected chi connectivity index (χ2v) is 6.78. The van der Waals surface area contributed by atoms with E-state index in [9.17, 15) is 5.11 Å². The average molecular weight is 260 g/mol. The number of aliphatic hydroxyl groups excluding tert-OH is 1. The Kier molecular flexibility index (Phi) is 4.67. The highest BCUT2D eigenvalue weighted by Crippen LogP contribution is 2.39. The van der Waals surface area contributed by atoms with Crippen LogP contribution in [0.4, 0.5) is 0 Å². The Hall–Kier alpha value is -0.820. The van der Waals surface area contributed by atoms with Crippen molar-refractivity contribution in [3.63, 3.8) is 0 Å². The molecule has 2 rings (SSSR count). The first kappa shape index (κ1) is 14.6. The zero-order valence-electron chi connectivity index (χ0n) is 12.8. The summed E-state index contributed by atoms with van der Waals surface area (Å²) in [6, 6.07) is 6.46. The van der Waals surface area contributed by atoms with Gasteiger partial charge >= 0.3 is 0 Å². The first-order chi connectivity index (χ1) is 8.97. The Morgan fingerprint density at radius 3 is 1.84 bits per heavy atom. The van der Waals surface area contributed by atoms with E-state index in [1.807, 2.05) is 0 Å². The van der Waals surface area contributed by atoms with Crippen molar-refractivity contribution in [3.05, 3.63) is 34.9 Å². The van der Waals surface area contributed by atoms with Gasteiger partial charge in [0.1, 0.15) is 0 Å². The molecule has 1 aliphatic carbocycles. The molecule has 1 unspecified atom stereocenters. The van der Waals surface area contributed by atoms with Crippen LogP contribution in [0.2, 0.25) is 0 Å². The third-order valence-corrected chi connectivity index (χ3v) is 4.79. The fraction of sp³-hybridized carbons (Fsp3) is 0.667. The van der Waals surface area contributed by atoms with Crippen LogP contribution in [0.5, 0.6) is 0 Å². The van der Waals surface area contributed by atoms with Crippen LogP contribution in [0.1, 0.15) is 62.3 Å². The molecule has 0 radical (unpaired) electrons. The summed E-state index contributed by atoms with van der Waals surface area (Å²) < 4.78 is 0. The summed E-state index contributed by atoms with van der Waals surface area (Å²) in [7, 11) is 0. The van der Waals surface area contributed by atoms with Gasteiger partial charge in [0.2, 0.25) is 0 Å². The van der Waals surface area contributed by atoms with E-state index in [0.29, 0.717) is 5.92 Å². The monoisotopic (exact) mass is 260 g/mol. The lowest BCUT2D eigenvalue weighted by molar-refractivity contribution is 0.0667. The fourth-order valence-corrected chi connectivity index (χ4v) is 3.58. The maximum absolute atomic E-state index is 10.6. The Labute approximate surface area is 118 Å². The van der Waals surface area contributed by atoms with Crippen LogP contribution in [0.25, 0.3) is 0 Å². The summed E-state index contributed by atoms with van der Waals surface area (Å²) in [6.45, 7) is 8.87. The van der Waals surface area contributed by atoms with E-state index < -0.39 is 0 Å². The van der Waals surface area contributed by atoms with E-state index >= 15 is 0 Å². The lowest BCUT2D eigenvalue weighted by Crippen LogP contribution is -2.23. The van der Waals surface area contributed by atoms with Gasteiger partial charge in [0, 0.05) is 0 Å². The molecule has 1 atom stereocenters. The van der Waals surface area contributed by atoms with Crippen molar-refractivity contribution in [1.82, 2.24) is 0 Å². The van der Waals surface area contributed by atoms with Gasteiger partial charge in [0.05, 0.1) is 6.10 Å². The first-order valence-corrected chi connectivity index (χ1v) is 7.73. The molecule has 0 saturated heterocycles. The summed E-state index contributed by atoms with van der Waals surface area (Å²) >= 11 is 0. The largest absolute Gasteiger partial charge is 0.388 e. The molecule has 1 saturated carbocycles. The average Bonchev–Trinajstić information content (AvgIpc) is 2.37. The maximum Gasteiger partial charge on any atom is 0.0818 e. The molecule has 1 N–H and O–H groups in total. The molecule has 1 aromatic carbocycles. The van der Waals surface area contributed by atoms with Crippen LogP contribution >= 0.6 is 0 Å². The molecule has 0 aliphatic heterocycles. The molecule has 0 heterocycles. The summed E-state index contributed by atoms with van der Waals surface area (Å²) in [4.78, 5) is 0. The van der Waals surface area contributed by atoms with Crippen LogP contribution < -0.4 is 0 Å². The second-order valence-electron chi connectivity index (χ2n) is 6.78. The van der Waals surface area contributed by atoms with Gasteiger partial charge in [0.25, 0.3) is 0 Å². The molecule has 1 fully saturated rings. The van der Waals surface area contributed by atoms with E-state index in [-0.39, 0.29) is 6.10 Å². The second kappa shape index (κ2) is 6.09. The van der Waals surface area contributed by atoms with Crippen LogP contribution in [0.3, 0.4) is 0 Å². The van der Waals surface area contributed by atoms with Gasteiger partial charge in [-0.05, 0) is 62.8 Å². The number of hydrogen-bond donors (Lipinski definition) is 1. The van der Waals surface area contributed by atoms with E-state index in [1.54, 1.807) is 0 Å². The van der Waals surface area contributed by atoms with Crippen molar-refractivity contribution in [3.8, 4) is 0 Å². The fourth-order valence-electron chi connectivity index (χ4n) is 3.58. The molecule has 0 bridgehead atoms. The van der Waals surface area contributed by atoms with Crippen LogP contribution in [-0.4, -0.2) is 5.11 Å². The highest BCUT2D eigenvalue weighted by molar-refractivity contribution is 5.30. The third kappa shape index (κ3) is 3.60. The van der Waals surface area contributed by atoms with Gasteiger partial charge < -0.3 is 5.11 Å². The van der Waals surface area contributed by atoms with Crippen molar-refractivity contribution in [1.29, 1.82) is 0 Å². The van der Waals surface area contributed by atoms with Gasteiger partial charge in [-0.3, -0.25) is 0 Å². The lowest BCUT2D eigenvalue weighted by atomic mass is 9.74. The molecular weight excluding hydrogens is 232 g/mol. The quantitative estimate of drug-likeness (QED) is 0.827. The smallest absolute Gasteiger partial charge is 0.0818 e. The molecule has 1 aromatic rings. The van der Waals surface area contributed by atoms with Crippen molar-refractivity contribution in [2.24, 2.45) is 17.8 Å². The molecule has 0 aromatic heterocycles. The first-order valence-electron chi connectivity index (χ1n) is 7.73. The molecule has 19 heavy (non-hydrogen) atoms. The number of aryl methyl sites for hydroxylation is 2. The SMILES string of the molecule is Cc1cc(C)cc(C(O)C2CCC(C(C)C)CC2)c1. The maximum atomic E-state index is 10.6. The molecular formula is C18H28O. The third-order valence-electron chi connectivity index (χ3n) is 4.79. The normalized spacial score (nSPS) is 25.6. The number of hydrogen-bond acceptors (Lipinski definition) is 1. The molecule has 106 valence electrons. The topological polar surface area (TPSA) is 20.2 Å². The highest BCUT2D eigenvalue weighted by atomic mass is 16.3.